The van der Waals surface area contributed by atoms with Crippen molar-refractivity contribution in [3.63, 3.8) is 0 Å². The summed E-state index contributed by atoms with van der Waals surface area (Å²) in [5.74, 6) is -0.285. The molecule has 2 rings (SSSR count). The van der Waals surface area contributed by atoms with Gasteiger partial charge in [-0.25, -0.2) is 4.79 Å². The lowest BCUT2D eigenvalue weighted by atomic mass is 10.0. The molecule has 144 valence electrons. The van der Waals surface area contributed by atoms with Crippen molar-refractivity contribution in [2.24, 2.45) is 0 Å². The number of hydrogen-bond acceptors (Lipinski definition) is 4. The fourth-order valence-electron chi connectivity index (χ4n) is 2.97. The fourth-order valence-corrected chi connectivity index (χ4v) is 2.97. The lowest BCUT2D eigenvalue weighted by Gasteiger charge is -2.34. The summed E-state index contributed by atoms with van der Waals surface area (Å²) in [5, 5.41) is 0. The van der Waals surface area contributed by atoms with Crippen LogP contribution < -0.4 is 0 Å². The number of esters is 1. The summed E-state index contributed by atoms with van der Waals surface area (Å²) in [7, 11) is 1.37. The molecule has 2 aromatic carbocycles. The number of methoxy groups -OCH3 is 1. The number of rotatable bonds is 8. The third-order valence-corrected chi connectivity index (χ3v) is 4.58. The maximum absolute atomic E-state index is 12.9. The van der Waals surface area contributed by atoms with Gasteiger partial charge in [0.25, 0.3) is 0 Å². The van der Waals surface area contributed by atoms with E-state index >= 15 is 0 Å². The molecule has 0 bridgehead atoms. The standard InChI is InChI=1S/C22H27NO4/c1-17(14-15-21(24)26-3)23(18(2)20-12-8-5-9-13-20)22(25)27-16-19-10-6-4-7-11-19/h4-13,17-18H,14-16H2,1-3H3. The van der Waals surface area contributed by atoms with Crippen molar-refractivity contribution in [1.82, 2.24) is 4.90 Å². The van der Waals surface area contributed by atoms with E-state index in [9.17, 15) is 9.59 Å². The first-order valence-electron chi connectivity index (χ1n) is 9.13. The number of carbonyl (C=O) groups is 2. The molecule has 0 N–H and O–H groups in total. The number of amides is 1. The summed E-state index contributed by atoms with van der Waals surface area (Å²) in [4.78, 5) is 26.1. The van der Waals surface area contributed by atoms with Gasteiger partial charge in [0, 0.05) is 12.5 Å². The predicted molar refractivity (Wildman–Crippen MR) is 104 cm³/mol. The molecule has 0 aliphatic carbocycles. The van der Waals surface area contributed by atoms with E-state index in [0.717, 1.165) is 11.1 Å². The summed E-state index contributed by atoms with van der Waals surface area (Å²) in [6, 6.07) is 19.0. The topological polar surface area (TPSA) is 55.8 Å². The molecule has 0 aliphatic heterocycles. The maximum atomic E-state index is 12.9. The van der Waals surface area contributed by atoms with E-state index in [0.29, 0.717) is 6.42 Å². The van der Waals surface area contributed by atoms with E-state index in [1.54, 1.807) is 4.90 Å². The molecule has 2 atom stereocenters. The Morgan fingerprint density at radius 3 is 2.15 bits per heavy atom. The van der Waals surface area contributed by atoms with Crippen molar-refractivity contribution in [3.8, 4) is 0 Å². The van der Waals surface area contributed by atoms with E-state index in [2.05, 4.69) is 0 Å². The monoisotopic (exact) mass is 369 g/mol. The molecule has 27 heavy (non-hydrogen) atoms. The number of nitrogens with zero attached hydrogens (tertiary/aromatic N) is 1. The van der Waals surface area contributed by atoms with Crippen molar-refractivity contribution in [1.29, 1.82) is 0 Å². The Kier molecular flexibility index (Phi) is 7.86. The van der Waals surface area contributed by atoms with Crippen LogP contribution in [0.25, 0.3) is 0 Å². The highest BCUT2D eigenvalue weighted by molar-refractivity contribution is 5.70. The number of carbonyl (C=O) groups excluding carboxylic acids is 2. The largest absolute Gasteiger partial charge is 0.469 e. The molecule has 0 spiro atoms. The molecule has 0 aliphatic rings. The molecule has 0 aromatic heterocycles. The Hall–Kier alpha value is -2.82. The molecule has 0 radical (unpaired) electrons. The quantitative estimate of drug-likeness (QED) is 0.631. The van der Waals surface area contributed by atoms with Crippen LogP contribution in [0.2, 0.25) is 0 Å². The first-order chi connectivity index (χ1) is 13.0. The van der Waals surface area contributed by atoms with Gasteiger partial charge >= 0.3 is 12.1 Å². The average Bonchev–Trinajstić information content (AvgIpc) is 2.71. The van der Waals surface area contributed by atoms with Crippen LogP contribution in [0, 0.1) is 0 Å². The molecule has 0 heterocycles. The normalized spacial score (nSPS) is 12.7. The summed E-state index contributed by atoms with van der Waals surface area (Å²) >= 11 is 0. The minimum absolute atomic E-state index is 0.178. The molecule has 0 saturated carbocycles. The van der Waals surface area contributed by atoms with Crippen LogP contribution in [-0.2, 0) is 20.9 Å². The third kappa shape index (κ3) is 6.13. The number of hydrogen-bond donors (Lipinski definition) is 0. The van der Waals surface area contributed by atoms with Crippen LogP contribution in [0.4, 0.5) is 4.79 Å². The minimum Gasteiger partial charge on any atom is -0.469 e. The van der Waals surface area contributed by atoms with Crippen LogP contribution >= 0.6 is 0 Å². The molecular formula is C22H27NO4. The van der Waals surface area contributed by atoms with Crippen LogP contribution in [0.3, 0.4) is 0 Å². The first kappa shape index (κ1) is 20.5. The van der Waals surface area contributed by atoms with Gasteiger partial charge in [0.1, 0.15) is 6.61 Å². The molecule has 1 amide bonds. The second kappa shape index (κ2) is 10.4. The molecule has 0 fully saturated rings. The highest BCUT2D eigenvalue weighted by atomic mass is 16.6. The second-order valence-corrected chi connectivity index (χ2v) is 6.50. The third-order valence-electron chi connectivity index (χ3n) is 4.58. The summed E-state index contributed by atoms with van der Waals surface area (Å²) in [6.45, 7) is 4.10. The molecule has 2 aromatic rings. The smallest absolute Gasteiger partial charge is 0.410 e. The van der Waals surface area contributed by atoms with Crippen LogP contribution in [0.5, 0.6) is 0 Å². The van der Waals surface area contributed by atoms with Gasteiger partial charge < -0.3 is 9.47 Å². The predicted octanol–water partition coefficient (Wildman–Crippen LogP) is 4.73. The molecular weight excluding hydrogens is 342 g/mol. The van der Waals surface area contributed by atoms with Crippen LogP contribution in [-0.4, -0.2) is 30.1 Å². The lowest BCUT2D eigenvalue weighted by molar-refractivity contribution is -0.141. The lowest BCUT2D eigenvalue weighted by Crippen LogP contribution is -2.41. The van der Waals surface area contributed by atoms with Gasteiger partial charge in [-0.1, -0.05) is 60.7 Å². The van der Waals surface area contributed by atoms with Crippen molar-refractivity contribution in [2.45, 2.75) is 45.4 Å². The Labute approximate surface area is 160 Å². The highest BCUT2D eigenvalue weighted by Crippen LogP contribution is 2.25. The average molecular weight is 369 g/mol. The molecule has 2 unspecified atom stereocenters. The maximum Gasteiger partial charge on any atom is 0.410 e. The summed E-state index contributed by atoms with van der Waals surface area (Å²) in [6.07, 6.45) is 0.360. The fraction of sp³-hybridized carbons (Fsp3) is 0.364. The number of benzene rings is 2. The van der Waals surface area contributed by atoms with Crippen molar-refractivity contribution in [3.05, 3.63) is 71.8 Å². The van der Waals surface area contributed by atoms with Gasteiger partial charge in [-0.15, -0.1) is 0 Å². The Balaban J connectivity index is 2.12. The zero-order valence-electron chi connectivity index (χ0n) is 16.1. The van der Waals surface area contributed by atoms with Crippen LogP contribution in [0.1, 0.15) is 43.9 Å². The van der Waals surface area contributed by atoms with Crippen molar-refractivity contribution >= 4 is 12.1 Å². The number of ether oxygens (including phenoxy) is 2. The van der Waals surface area contributed by atoms with E-state index < -0.39 is 6.09 Å². The van der Waals surface area contributed by atoms with E-state index in [1.807, 2.05) is 74.5 Å². The van der Waals surface area contributed by atoms with Gasteiger partial charge in [0.05, 0.1) is 13.2 Å². The minimum atomic E-state index is -0.396. The molecule has 5 heteroatoms. The Morgan fingerprint density at radius 1 is 0.963 bits per heavy atom. The van der Waals surface area contributed by atoms with Gasteiger partial charge in [0.2, 0.25) is 0 Å². The highest BCUT2D eigenvalue weighted by Gasteiger charge is 2.28. The second-order valence-electron chi connectivity index (χ2n) is 6.50. The van der Waals surface area contributed by atoms with Gasteiger partial charge in [-0.05, 0) is 31.4 Å². The van der Waals surface area contributed by atoms with Gasteiger partial charge in [-0.3, -0.25) is 9.69 Å². The SMILES string of the molecule is COC(=O)CCC(C)N(C(=O)OCc1ccccc1)C(C)c1ccccc1. The van der Waals surface area contributed by atoms with E-state index in [-0.39, 0.29) is 31.1 Å². The van der Waals surface area contributed by atoms with E-state index in [4.69, 9.17) is 9.47 Å². The van der Waals surface area contributed by atoms with Crippen molar-refractivity contribution in [2.75, 3.05) is 7.11 Å². The zero-order valence-corrected chi connectivity index (χ0v) is 16.1. The summed E-state index contributed by atoms with van der Waals surface area (Å²) < 4.78 is 10.3. The van der Waals surface area contributed by atoms with Crippen LogP contribution in [0.15, 0.2) is 60.7 Å². The Bertz CT molecular complexity index is 718. The first-order valence-corrected chi connectivity index (χ1v) is 9.13. The zero-order chi connectivity index (χ0) is 19.6. The Morgan fingerprint density at radius 2 is 1.56 bits per heavy atom. The van der Waals surface area contributed by atoms with Gasteiger partial charge in [0.15, 0.2) is 0 Å². The molecule has 0 saturated heterocycles. The molecule has 5 nitrogen and oxygen atoms in total. The van der Waals surface area contributed by atoms with Crippen molar-refractivity contribution < 1.29 is 19.1 Å². The van der Waals surface area contributed by atoms with E-state index in [1.165, 1.54) is 7.11 Å². The summed E-state index contributed by atoms with van der Waals surface area (Å²) in [5.41, 5.74) is 1.94. The van der Waals surface area contributed by atoms with Gasteiger partial charge in [-0.2, -0.15) is 0 Å².